The van der Waals surface area contributed by atoms with Gasteiger partial charge in [-0.15, -0.1) is 0 Å². The maximum atomic E-state index is 11.6. The third kappa shape index (κ3) is 7.25. The molecule has 1 rings (SSSR count). The van der Waals surface area contributed by atoms with Crippen LogP contribution >= 0.6 is 0 Å². The smallest absolute Gasteiger partial charge is 0.333 e. The molecule has 1 aliphatic rings. The maximum absolute atomic E-state index is 11.6. The van der Waals surface area contributed by atoms with Gasteiger partial charge < -0.3 is 17.1 Å². The number of hydrogen-bond donors (Lipinski definition) is 0. The number of hydrogen-bond acceptors (Lipinski definition) is 5. The van der Waals surface area contributed by atoms with Crippen molar-refractivity contribution >= 4 is 31.7 Å². The lowest BCUT2D eigenvalue weighted by Crippen LogP contribution is -2.69. The molecule has 0 N–H and O–H groups in total. The van der Waals surface area contributed by atoms with Crippen LogP contribution in [0.25, 0.3) is 0 Å². The number of carbonyl (C=O) groups is 1. The highest BCUT2D eigenvalue weighted by Crippen LogP contribution is 2.51. The Morgan fingerprint density at radius 3 is 1.96 bits per heavy atom. The summed E-state index contributed by atoms with van der Waals surface area (Å²) in [5.74, 6) is -0.313. The lowest BCUT2D eigenvalue weighted by molar-refractivity contribution is -0.139. The second kappa shape index (κ2) is 9.49. The fraction of sp³-hybridized carbons (Fsp3) is 0.842. The van der Waals surface area contributed by atoms with Crippen molar-refractivity contribution in [3.05, 3.63) is 12.2 Å². The molecule has 8 heteroatoms. The summed E-state index contributed by atoms with van der Waals surface area (Å²) in [5.41, 5.74) is 0.443. The highest BCUT2D eigenvalue weighted by molar-refractivity contribution is 6.93. The van der Waals surface area contributed by atoms with Gasteiger partial charge in [0.05, 0.1) is 6.61 Å². The van der Waals surface area contributed by atoms with E-state index in [4.69, 9.17) is 17.1 Å². The Kier molecular flexibility index (Phi) is 8.71. The van der Waals surface area contributed by atoms with E-state index in [0.717, 1.165) is 19.3 Å². The summed E-state index contributed by atoms with van der Waals surface area (Å²) >= 11 is 0. The maximum Gasteiger partial charge on any atom is 0.333 e. The molecule has 1 unspecified atom stereocenters. The summed E-state index contributed by atoms with van der Waals surface area (Å²) in [6.45, 7) is 21.0. The molecule has 5 nitrogen and oxygen atoms in total. The van der Waals surface area contributed by atoms with Crippen LogP contribution in [0.2, 0.25) is 37.8 Å². The second-order valence-electron chi connectivity index (χ2n) is 9.09. The Hall–Kier alpha value is -0.259. The molecule has 27 heavy (non-hydrogen) atoms. The number of carbonyl (C=O) groups excluding carboxylic acids is 1. The van der Waals surface area contributed by atoms with Crippen molar-refractivity contribution in [2.45, 2.75) is 97.1 Å². The normalized spacial score (nSPS) is 22.7. The molecule has 158 valence electrons. The molecule has 0 aliphatic carbocycles. The first-order valence-electron chi connectivity index (χ1n) is 10.2. The monoisotopic (exact) mass is 432 g/mol. The van der Waals surface area contributed by atoms with E-state index in [1.54, 1.807) is 6.92 Å². The first-order chi connectivity index (χ1) is 12.3. The minimum absolute atomic E-state index is 0.0316. The second-order valence-corrected chi connectivity index (χ2v) is 20.2. The molecule has 1 atom stereocenters. The Bertz CT molecular complexity index is 519. The molecular weight excluding hydrogens is 392 g/mol. The molecule has 0 aromatic rings. The van der Waals surface area contributed by atoms with Gasteiger partial charge in [-0.25, -0.2) is 4.79 Å². The van der Waals surface area contributed by atoms with Gasteiger partial charge in [0.15, 0.2) is 0 Å². The molecule has 1 aliphatic heterocycles. The van der Waals surface area contributed by atoms with Crippen LogP contribution in [0.3, 0.4) is 0 Å². The van der Waals surface area contributed by atoms with E-state index in [-0.39, 0.29) is 11.0 Å². The van der Waals surface area contributed by atoms with Crippen molar-refractivity contribution in [3.63, 3.8) is 0 Å². The summed E-state index contributed by atoms with van der Waals surface area (Å²) in [5, 5.41) is -0.0316. The van der Waals surface area contributed by atoms with Crippen molar-refractivity contribution in [1.82, 2.24) is 0 Å². The number of ether oxygens (including phenoxy) is 1. The molecule has 1 heterocycles. The molecule has 1 fully saturated rings. The Balaban J connectivity index is 2.92. The van der Waals surface area contributed by atoms with Gasteiger partial charge in [-0.05, 0) is 58.9 Å². The fourth-order valence-electron chi connectivity index (χ4n) is 3.93. The highest BCUT2D eigenvalue weighted by atomic mass is 28.5. The average Bonchev–Trinajstić information content (AvgIpc) is 2.47. The Labute approximate surface area is 169 Å². The van der Waals surface area contributed by atoms with Gasteiger partial charge >= 0.3 is 31.7 Å². The third-order valence-corrected chi connectivity index (χ3v) is 18.9. The largest absolute Gasteiger partial charge is 0.462 e. The number of rotatable bonds is 10. The van der Waals surface area contributed by atoms with Crippen LogP contribution in [-0.4, -0.2) is 38.3 Å². The van der Waals surface area contributed by atoms with Crippen LogP contribution in [0.1, 0.15) is 59.3 Å². The fourth-order valence-corrected chi connectivity index (χ4v) is 21.0. The molecule has 0 saturated carbocycles. The van der Waals surface area contributed by atoms with Gasteiger partial charge in [-0.2, -0.15) is 0 Å². The zero-order valence-corrected chi connectivity index (χ0v) is 21.7. The predicted molar refractivity (Wildman–Crippen MR) is 117 cm³/mol. The first-order valence-corrected chi connectivity index (χ1v) is 18.1. The van der Waals surface area contributed by atoms with E-state index >= 15 is 0 Å². The van der Waals surface area contributed by atoms with E-state index in [9.17, 15) is 4.79 Å². The summed E-state index contributed by atoms with van der Waals surface area (Å²) in [4.78, 5) is 11.6. The topological polar surface area (TPSA) is 54.0 Å². The van der Waals surface area contributed by atoms with Gasteiger partial charge in [0.1, 0.15) is 0 Å². The van der Waals surface area contributed by atoms with E-state index in [2.05, 4.69) is 53.2 Å². The number of esters is 1. The minimum atomic E-state index is -2.47. The van der Waals surface area contributed by atoms with Gasteiger partial charge in [-0.1, -0.05) is 39.7 Å². The standard InChI is InChI=1S/C19H40O5Si3/c1-10-11-12-14-19(4,15-13-16-21-18(20)17(2)3)27(9)23-25(5,6)22-26(7,8)24-27/h2,10-16H2,1,3-9H3. The lowest BCUT2D eigenvalue weighted by Gasteiger charge is -2.54. The average molecular weight is 433 g/mol. The van der Waals surface area contributed by atoms with Crippen LogP contribution in [0.4, 0.5) is 0 Å². The van der Waals surface area contributed by atoms with Crippen molar-refractivity contribution in [1.29, 1.82) is 0 Å². The summed E-state index contributed by atoms with van der Waals surface area (Å²) in [6, 6.07) is 0. The van der Waals surface area contributed by atoms with Crippen LogP contribution < -0.4 is 0 Å². The van der Waals surface area contributed by atoms with Crippen molar-refractivity contribution in [2.75, 3.05) is 6.61 Å². The van der Waals surface area contributed by atoms with Crippen LogP contribution in [-0.2, 0) is 21.9 Å². The van der Waals surface area contributed by atoms with Gasteiger partial charge in [-0.3, -0.25) is 0 Å². The Morgan fingerprint density at radius 2 is 1.48 bits per heavy atom. The van der Waals surface area contributed by atoms with Crippen molar-refractivity contribution in [2.24, 2.45) is 0 Å². The van der Waals surface area contributed by atoms with Crippen LogP contribution in [0.15, 0.2) is 12.2 Å². The van der Waals surface area contributed by atoms with Crippen molar-refractivity contribution in [3.8, 4) is 0 Å². The highest BCUT2D eigenvalue weighted by Gasteiger charge is 2.60. The SMILES string of the molecule is C=C(C)C(=O)OCCCC(C)(CCCCC)[Si]1(C)O[Si](C)(C)O[Si](C)(C)O1. The van der Waals surface area contributed by atoms with E-state index in [0.29, 0.717) is 12.2 Å². The molecular formula is C19H40O5Si3. The van der Waals surface area contributed by atoms with E-state index < -0.39 is 25.7 Å². The Morgan fingerprint density at radius 1 is 0.963 bits per heavy atom. The zero-order chi connectivity index (χ0) is 20.9. The lowest BCUT2D eigenvalue weighted by atomic mass is 9.97. The molecule has 0 radical (unpaired) electrons. The van der Waals surface area contributed by atoms with E-state index in [1.807, 2.05) is 0 Å². The number of unbranched alkanes of at least 4 members (excludes halogenated alkanes) is 2. The van der Waals surface area contributed by atoms with Gasteiger partial charge in [0, 0.05) is 10.6 Å². The molecule has 0 amide bonds. The molecule has 0 aromatic carbocycles. The first kappa shape index (κ1) is 24.8. The molecule has 1 saturated heterocycles. The van der Waals surface area contributed by atoms with Gasteiger partial charge in [0.25, 0.3) is 0 Å². The zero-order valence-electron chi connectivity index (χ0n) is 18.7. The van der Waals surface area contributed by atoms with Crippen LogP contribution in [0, 0.1) is 0 Å². The summed E-state index contributed by atoms with van der Waals surface area (Å²) in [6.07, 6.45) is 6.38. The molecule has 0 aromatic heterocycles. The van der Waals surface area contributed by atoms with Crippen molar-refractivity contribution < 1.29 is 21.9 Å². The molecule has 0 spiro atoms. The summed E-state index contributed by atoms with van der Waals surface area (Å²) < 4.78 is 24.9. The minimum Gasteiger partial charge on any atom is -0.462 e. The van der Waals surface area contributed by atoms with Crippen LogP contribution in [0.5, 0.6) is 0 Å². The predicted octanol–water partition coefficient (Wildman–Crippen LogP) is 5.77. The van der Waals surface area contributed by atoms with E-state index in [1.165, 1.54) is 19.3 Å². The molecule has 0 bridgehead atoms. The van der Waals surface area contributed by atoms with Gasteiger partial charge in [0.2, 0.25) is 0 Å². The quantitative estimate of drug-likeness (QED) is 0.190. The third-order valence-electron chi connectivity index (χ3n) is 5.26. The summed E-state index contributed by atoms with van der Waals surface area (Å²) in [7, 11) is -6.86.